The minimum absolute atomic E-state index is 0.107. The number of nitrogens with two attached hydrogens (primary N) is 1. The molecule has 2 aromatic carbocycles. The van der Waals surface area contributed by atoms with E-state index in [9.17, 15) is 9.59 Å². The van der Waals surface area contributed by atoms with Gasteiger partial charge in [-0.1, -0.05) is 42.5 Å². The summed E-state index contributed by atoms with van der Waals surface area (Å²) in [5.74, 6) is 1.28. The molecule has 3 N–H and O–H groups in total. The first-order valence-electron chi connectivity index (χ1n) is 9.96. The highest BCUT2D eigenvalue weighted by atomic mass is 16.5. The van der Waals surface area contributed by atoms with Crippen molar-refractivity contribution in [2.75, 3.05) is 7.11 Å². The smallest absolute Gasteiger partial charge is 0.312 e. The van der Waals surface area contributed by atoms with Gasteiger partial charge in [-0.2, -0.15) is 0 Å². The molecule has 0 aliphatic rings. The Bertz CT molecular complexity index is 1140. The lowest BCUT2D eigenvalue weighted by Crippen LogP contribution is -2.29. The van der Waals surface area contributed by atoms with E-state index in [2.05, 4.69) is 5.32 Å². The van der Waals surface area contributed by atoms with Crippen LogP contribution >= 0.6 is 0 Å². The van der Waals surface area contributed by atoms with Gasteiger partial charge in [-0.15, -0.1) is 0 Å². The van der Waals surface area contributed by atoms with Crippen LogP contribution in [0.1, 0.15) is 27.9 Å². The molecule has 0 radical (unpaired) electrons. The van der Waals surface area contributed by atoms with Crippen molar-refractivity contribution in [2.45, 2.75) is 33.5 Å². The van der Waals surface area contributed by atoms with E-state index in [4.69, 9.17) is 15.2 Å². The zero-order valence-electron chi connectivity index (χ0n) is 18.0. The number of pyridine rings is 1. The summed E-state index contributed by atoms with van der Waals surface area (Å²) in [6.07, 6.45) is 0. The van der Waals surface area contributed by atoms with Crippen LogP contribution < -0.4 is 26.1 Å². The van der Waals surface area contributed by atoms with Crippen molar-refractivity contribution in [3.8, 4) is 11.5 Å². The summed E-state index contributed by atoms with van der Waals surface area (Å²) < 4.78 is 13.1. The number of amides is 2. The number of para-hydroxylation sites is 1. The number of urea groups is 1. The molecular weight excluding hydrogens is 394 g/mol. The minimum atomic E-state index is -0.583. The molecule has 0 atom stereocenters. The number of rotatable bonds is 8. The summed E-state index contributed by atoms with van der Waals surface area (Å²) in [5.41, 5.74) is 9.13. The van der Waals surface area contributed by atoms with E-state index in [1.165, 1.54) is 0 Å². The quantitative estimate of drug-likeness (QED) is 0.584. The van der Waals surface area contributed by atoms with Crippen LogP contribution in [0.4, 0.5) is 4.79 Å². The number of benzene rings is 2. The molecule has 7 heteroatoms. The summed E-state index contributed by atoms with van der Waals surface area (Å²) in [6.45, 7) is 4.64. The molecule has 0 saturated carbocycles. The Kier molecular flexibility index (Phi) is 6.97. The maximum absolute atomic E-state index is 13.1. The molecule has 7 nitrogen and oxygen atoms in total. The molecule has 0 spiro atoms. The van der Waals surface area contributed by atoms with Gasteiger partial charge in [-0.25, -0.2) is 4.79 Å². The van der Waals surface area contributed by atoms with E-state index >= 15 is 0 Å². The third-order valence-corrected chi connectivity index (χ3v) is 5.18. The molecule has 0 aliphatic carbocycles. The van der Waals surface area contributed by atoms with Crippen LogP contribution in [-0.4, -0.2) is 17.7 Å². The first kappa shape index (κ1) is 22.0. The predicted molar refractivity (Wildman–Crippen MR) is 119 cm³/mol. The van der Waals surface area contributed by atoms with E-state index in [-0.39, 0.29) is 12.2 Å². The highest BCUT2D eigenvalue weighted by Crippen LogP contribution is 2.22. The molecule has 1 heterocycles. The zero-order valence-corrected chi connectivity index (χ0v) is 18.0. The first-order chi connectivity index (χ1) is 14.9. The number of primary amides is 1. The molecule has 0 unspecified atom stereocenters. The van der Waals surface area contributed by atoms with Crippen molar-refractivity contribution in [3.05, 3.63) is 92.9 Å². The average molecular weight is 421 g/mol. The van der Waals surface area contributed by atoms with Gasteiger partial charge in [0.25, 0.3) is 5.56 Å². The largest absolute Gasteiger partial charge is 0.496 e. The van der Waals surface area contributed by atoms with Crippen LogP contribution in [0.5, 0.6) is 11.5 Å². The van der Waals surface area contributed by atoms with Gasteiger partial charge in [0.15, 0.2) is 0 Å². The fourth-order valence-electron chi connectivity index (χ4n) is 3.40. The Hall–Kier alpha value is -3.74. The molecule has 31 heavy (non-hydrogen) atoms. The van der Waals surface area contributed by atoms with Gasteiger partial charge in [-0.3, -0.25) is 4.79 Å². The number of hydrogen-bond acceptors (Lipinski definition) is 4. The van der Waals surface area contributed by atoms with Crippen molar-refractivity contribution in [1.82, 2.24) is 9.88 Å². The second-order valence-electron chi connectivity index (χ2n) is 7.25. The number of aryl methyl sites for hydroxylation is 1. The monoisotopic (exact) mass is 421 g/mol. The SMILES string of the molecule is COc1ccccc1Cn1c(C)cc(OCc2ccccc2CNC(N)=O)c(C)c1=O. The molecule has 2 amide bonds. The van der Waals surface area contributed by atoms with Crippen LogP contribution in [0.3, 0.4) is 0 Å². The number of carbonyl (C=O) groups is 1. The number of nitrogens with zero attached hydrogens (tertiary/aromatic N) is 1. The third kappa shape index (κ3) is 5.25. The van der Waals surface area contributed by atoms with Crippen LogP contribution in [0.25, 0.3) is 0 Å². The van der Waals surface area contributed by atoms with Crippen molar-refractivity contribution in [1.29, 1.82) is 0 Å². The lowest BCUT2D eigenvalue weighted by Gasteiger charge is -2.17. The Morgan fingerprint density at radius 2 is 1.65 bits per heavy atom. The lowest BCUT2D eigenvalue weighted by atomic mass is 10.1. The molecule has 1 aromatic heterocycles. The zero-order chi connectivity index (χ0) is 22.4. The van der Waals surface area contributed by atoms with E-state index < -0.39 is 6.03 Å². The van der Waals surface area contributed by atoms with Gasteiger partial charge >= 0.3 is 6.03 Å². The second-order valence-corrected chi connectivity index (χ2v) is 7.25. The van der Waals surface area contributed by atoms with Gasteiger partial charge in [-0.05, 0) is 37.1 Å². The summed E-state index contributed by atoms with van der Waals surface area (Å²) in [6, 6.07) is 16.5. The maximum Gasteiger partial charge on any atom is 0.312 e. The predicted octanol–water partition coefficient (Wildman–Crippen LogP) is 3.27. The second kappa shape index (κ2) is 9.84. The van der Waals surface area contributed by atoms with E-state index in [0.717, 1.165) is 28.1 Å². The molecule has 3 rings (SSSR count). The summed E-state index contributed by atoms with van der Waals surface area (Å²) in [5, 5.41) is 2.59. The molecule has 162 valence electrons. The number of hydrogen-bond donors (Lipinski definition) is 2. The molecule has 0 bridgehead atoms. The Morgan fingerprint density at radius 3 is 2.32 bits per heavy atom. The van der Waals surface area contributed by atoms with Gasteiger partial charge in [0.2, 0.25) is 0 Å². The maximum atomic E-state index is 13.1. The normalized spacial score (nSPS) is 10.5. The van der Waals surface area contributed by atoms with Crippen LogP contribution in [0.2, 0.25) is 0 Å². The third-order valence-electron chi connectivity index (χ3n) is 5.18. The van der Waals surface area contributed by atoms with Crippen LogP contribution in [0, 0.1) is 13.8 Å². The molecule has 0 saturated heterocycles. The number of ether oxygens (including phenoxy) is 2. The number of aromatic nitrogens is 1. The standard InChI is InChI=1S/C24H27N3O4/c1-16-12-22(31-15-20-10-5-4-8-18(20)13-26-24(25)29)17(2)23(28)27(16)14-19-9-6-7-11-21(19)30-3/h4-12H,13-15H2,1-3H3,(H3,25,26,29). The van der Waals surface area contributed by atoms with E-state index in [0.29, 0.717) is 24.4 Å². The Labute approximate surface area is 181 Å². The van der Waals surface area contributed by atoms with Crippen molar-refractivity contribution in [2.24, 2.45) is 5.73 Å². The highest BCUT2D eigenvalue weighted by molar-refractivity contribution is 5.71. The van der Waals surface area contributed by atoms with Crippen LogP contribution in [-0.2, 0) is 19.7 Å². The topological polar surface area (TPSA) is 95.6 Å². The number of methoxy groups -OCH3 is 1. The van der Waals surface area contributed by atoms with Gasteiger partial charge in [0, 0.05) is 17.8 Å². The summed E-state index contributed by atoms with van der Waals surface area (Å²) in [7, 11) is 1.62. The fraction of sp³-hybridized carbons (Fsp3) is 0.250. The van der Waals surface area contributed by atoms with Gasteiger partial charge < -0.3 is 25.1 Å². The van der Waals surface area contributed by atoms with E-state index in [1.807, 2.05) is 61.5 Å². The number of carbonyl (C=O) groups excluding carboxylic acids is 1. The van der Waals surface area contributed by atoms with Crippen molar-refractivity contribution >= 4 is 6.03 Å². The lowest BCUT2D eigenvalue weighted by molar-refractivity contribution is 0.248. The minimum Gasteiger partial charge on any atom is -0.496 e. The molecule has 0 fully saturated rings. The first-order valence-corrected chi connectivity index (χ1v) is 9.96. The van der Waals surface area contributed by atoms with E-state index in [1.54, 1.807) is 18.6 Å². The van der Waals surface area contributed by atoms with Gasteiger partial charge in [0.1, 0.15) is 18.1 Å². The highest BCUT2D eigenvalue weighted by Gasteiger charge is 2.13. The summed E-state index contributed by atoms with van der Waals surface area (Å²) >= 11 is 0. The molecule has 0 aliphatic heterocycles. The fourth-order valence-corrected chi connectivity index (χ4v) is 3.40. The Balaban J connectivity index is 1.82. The molecule has 3 aromatic rings. The van der Waals surface area contributed by atoms with Crippen LogP contribution in [0.15, 0.2) is 59.4 Å². The van der Waals surface area contributed by atoms with Crippen molar-refractivity contribution in [3.63, 3.8) is 0 Å². The average Bonchev–Trinajstić information content (AvgIpc) is 2.77. The number of nitrogens with one attached hydrogen (secondary N) is 1. The van der Waals surface area contributed by atoms with Crippen molar-refractivity contribution < 1.29 is 14.3 Å². The Morgan fingerprint density at radius 1 is 1.00 bits per heavy atom. The molecular formula is C24H27N3O4. The van der Waals surface area contributed by atoms with Gasteiger partial charge in [0.05, 0.1) is 19.2 Å². The summed E-state index contributed by atoms with van der Waals surface area (Å²) in [4.78, 5) is 24.1.